The number of anilines is 1. The fourth-order valence-electron chi connectivity index (χ4n) is 2.47. The third-order valence-corrected chi connectivity index (χ3v) is 4.44. The summed E-state index contributed by atoms with van der Waals surface area (Å²) in [5.74, 6) is 0. The number of allylic oxidation sites excluding steroid dienone is 1. The smallest absolute Gasteiger partial charge is 0.0451 e. The zero-order chi connectivity index (χ0) is 14.6. The number of benzene rings is 1. The summed E-state index contributed by atoms with van der Waals surface area (Å²) in [6, 6.07) is 6.70. The molecule has 1 aliphatic rings. The lowest BCUT2D eigenvalue weighted by atomic mass is 10.1. The van der Waals surface area contributed by atoms with Gasteiger partial charge in [-0.3, -0.25) is 0 Å². The van der Waals surface area contributed by atoms with Crippen molar-refractivity contribution in [3.05, 3.63) is 29.8 Å². The van der Waals surface area contributed by atoms with Crippen molar-refractivity contribution in [2.24, 2.45) is 0 Å². The minimum Gasteiger partial charge on any atom is -0.368 e. The van der Waals surface area contributed by atoms with Crippen molar-refractivity contribution in [3.63, 3.8) is 0 Å². The fraction of sp³-hybridized carbons (Fsp3) is 0.529. The Morgan fingerprint density at radius 3 is 2.50 bits per heavy atom. The van der Waals surface area contributed by atoms with E-state index in [1.54, 1.807) is 0 Å². The maximum atomic E-state index is 3.42. The van der Waals surface area contributed by atoms with Crippen LogP contribution in [0.1, 0.15) is 33.3 Å². The SMILES string of the molecule is CC=Cc1c(SC(C)(C)C)cccc1N1CCNCC1. The number of hydrogen-bond donors (Lipinski definition) is 1. The molecule has 1 saturated heterocycles. The molecule has 0 bridgehead atoms. The lowest BCUT2D eigenvalue weighted by Crippen LogP contribution is -2.43. The van der Waals surface area contributed by atoms with Crippen molar-refractivity contribution >= 4 is 23.5 Å². The van der Waals surface area contributed by atoms with Gasteiger partial charge in [-0.05, 0) is 19.1 Å². The molecule has 1 fully saturated rings. The third-order valence-electron chi connectivity index (χ3n) is 3.25. The third kappa shape index (κ3) is 4.03. The number of piperazine rings is 1. The molecule has 2 rings (SSSR count). The van der Waals surface area contributed by atoms with Crippen LogP contribution in [0.3, 0.4) is 0 Å². The summed E-state index contributed by atoms with van der Waals surface area (Å²) >= 11 is 1.95. The Kier molecular flexibility index (Phi) is 5.17. The van der Waals surface area contributed by atoms with E-state index in [9.17, 15) is 0 Å². The van der Waals surface area contributed by atoms with E-state index in [0.717, 1.165) is 26.2 Å². The van der Waals surface area contributed by atoms with Gasteiger partial charge < -0.3 is 10.2 Å². The number of thioether (sulfide) groups is 1. The van der Waals surface area contributed by atoms with Crippen LogP contribution >= 0.6 is 11.8 Å². The molecule has 1 heterocycles. The predicted octanol–water partition coefficient (Wildman–Crippen LogP) is 4.02. The van der Waals surface area contributed by atoms with Gasteiger partial charge in [0, 0.05) is 47.1 Å². The molecule has 0 aromatic heterocycles. The number of nitrogens with one attached hydrogen (secondary N) is 1. The van der Waals surface area contributed by atoms with Crippen molar-refractivity contribution < 1.29 is 0 Å². The maximum absolute atomic E-state index is 3.42. The lowest BCUT2D eigenvalue weighted by molar-refractivity contribution is 0.588. The highest BCUT2D eigenvalue weighted by Crippen LogP contribution is 2.38. The topological polar surface area (TPSA) is 15.3 Å². The molecule has 1 aromatic carbocycles. The summed E-state index contributed by atoms with van der Waals surface area (Å²) in [7, 11) is 0. The Labute approximate surface area is 127 Å². The lowest BCUT2D eigenvalue weighted by Gasteiger charge is -2.32. The minimum atomic E-state index is 0.235. The van der Waals surface area contributed by atoms with Crippen molar-refractivity contribution in [2.45, 2.75) is 37.3 Å². The van der Waals surface area contributed by atoms with E-state index in [1.165, 1.54) is 16.1 Å². The first-order valence-corrected chi connectivity index (χ1v) is 8.23. The van der Waals surface area contributed by atoms with E-state index in [-0.39, 0.29) is 4.75 Å². The zero-order valence-electron chi connectivity index (χ0n) is 13.1. The van der Waals surface area contributed by atoms with Gasteiger partial charge in [0.2, 0.25) is 0 Å². The summed E-state index contributed by atoms with van der Waals surface area (Å²) in [4.78, 5) is 3.88. The van der Waals surface area contributed by atoms with E-state index < -0.39 is 0 Å². The van der Waals surface area contributed by atoms with Crippen LogP contribution in [0.15, 0.2) is 29.2 Å². The Morgan fingerprint density at radius 1 is 1.20 bits per heavy atom. The first kappa shape index (κ1) is 15.5. The van der Waals surface area contributed by atoms with Crippen LogP contribution in [-0.2, 0) is 0 Å². The molecule has 0 aliphatic carbocycles. The Hall–Kier alpha value is -0.930. The van der Waals surface area contributed by atoms with Gasteiger partial charge >= 0.3 is 0 Å². The quantitative estimate of drug-likeness (QED) is 0.847. The predicted molar refractivity (Wildman–Crippen MR) is 91.8 cm³/mol. The zero-order valence-corrected chi connectivity index (χ0v) is 13.9. The van der Waals surface area contributed by atoms with Crippen LogP contribution in [0, 0.1) is 0 Å². The number of nitrogens with zero attached hydrogens (tertiary/aromatic N) is 1. The summed E-state index contributed by atoms with van der Waals surface area (Å²) in [5, 5.41) is 3.42. The van der Waals surface area contributed by atoms with Crippen LogP contribution in [0.4, 0.5) is 5.69 Å². The molecule has 0 spiro atoms. The van der Waals surface area contributed by atoms with Crippen LogP contribution in [0.25, 0.3) is 6.08 Å². The minimum absolute atomic E-state index is 0.235. The molecule has 3 heteroatoms. The molecule has 0 amide bonds. The Bertz CT molecular complexity index is 468. The average Bonchev–Trinajstić information content (AvgIpc) is 2.40. The van der Waals surface area contributed by atoms with Gasteiger partial charge in [0.05, 0.1) is 0 Å². The Morgan fingerprint density at radius 2 is 1.90 bits per heavy atom. The number of rotatable bonds is 3. The normalized spacial score (nSPS) is 16.9. The standard InChI is InChI=1S/C17H26N2S/c1-5-7-14-15(19-12-10-18-11-13-19)8-6-9-16(14)20-17(2,3)4/h5-9,18H,10-13H2,1-4H3. The van der Waals surface area contributed by atoms with Crippen LogP contribution < -0.4 is 10.2 Å². The van der Waals surface area contributed by atoms with Crippen LogP contribution in [-0.4, -0.2) is 30.9 Å². The van der Waals surface area contributed by atoms with E-state index in [0.29, 0.717) is 0 Å². The molecular formula is C17H26N2S. The molecule has 0 atom stereocenters. The van der Waals surface area contributed by atoms with Crippen molar-refractivity contribution in [1.29, 1.82) is 0 Å². The molecule has 0 unspecified atom stereocenters. The molecular weight excluding hydrogens is 264 g/mol. The summed E-state index contributed by atoms with van der Waals surface area (Å²) in [6.07, 6.45) is 4.40. The second-order valence-corrected chi connectivity index (χ2v) is 8.01. The van der Waals surface area contributed by atoms with Crippen LogP contribution in [0.2, 0.25) is 0 Å². The van der Waals surface area contributed by atoms with E-state index >= 15 is 0 Å². The molecule has 2 nitrogen and oxygen atoms in total. The molecule has 1 N–H and O–H groups in total. The van der Waals surface area contributed by atoms with Gasteiger partial charge in [-0.15, -0.1) is 11.8 Å². The van der Waals surface area contributed by atoms with Gasteiger partial charge in [0.15, 0.2) is 0 Å². The second kappa shape index (κ2) is 6.68. The van der Waals surface area contributed by atoms with Crippen molar-refractivity contribution in [3.8, 4) is 0 Å². The van der Waals surface area contributed by atoms with Crippen molar-refractivity contribution in [2.75, 3.05) is 31.1 Å². The monoisotopic (exact) mass is 290 g/mol. The van der Waals surface area contributed by atoms with Gasteiger partial charge in [0.25, 0.3) is 0 Å². The van der Waals surface area contributed by atoms with E-state index in [4.69, 9.17) is 0 Å². The van der Waals surface area contributed by atoms with Crippen molar-refractivity contribution in [1.82, 2.24) is 5.32 Å². The van der Waals surface area contributed by atoms with E-state index in [1.807, 2.05) is 11.8 Å². The highest BCUT2D eigenvalue weighted by atomic mass is 32.2. The molecule has 0 radical (unpaired) electrons. The molecule has 1 aromatic rings. The maximum Gasteiger partial charge on any atom is 0.0451 e. The fourth-order valence-corrected chi connectivity index (χ4v) is 3.56. The molecule has 20 heavy (non-hydrogen) atoms. The molecule has 1 aliphatic heterocycles. The summed E-state index contributed by atoms with van der Waals surface area (Å²) in [6.45, 7) is 13.2. The second-order valence-electron chi connectivity index (χ2n) is 6.14. The highest BCUT2D eigenvalue weighted by molar-refractivity contribution is 8.00. The van der Waals surface area contributed by atoms with Gasteiger partial charge in [-0.2, -0.15) is 0 Å². The average molecular weight is 290 g/mol. The van der Waals surface area contributed by atoms with Gasteiger partial charge in [-0.25, -0.2) is 0 Å². The van der Waals surface area contributed by atoms with Gasteiger partial charge in [-0.1, -0.05) is 39.0 Å². The first-order valence-electron chi connectivity index (χ1n) is 7.41. The highest BCUT2D eigenvalue weighted by Gasteiger charge is 2.19. The Balaban J connectivity index is 2.37. The van der Waals surface area contributed by atoms with Gasteiger partial charge in [0.1, 0.15) is 0 Å². The molecule has 110 valence electrons. The summed E-state index contributed by atoms with van der Waals surface area (Å²) in [5.41, 5.74) is 2.75. The van der Waals surface area contributed by atoms with E-state index in [2.05, 4.69) is 68.3 Å². The molecule has 0 saturated carbocycles. The summed E-state index contributed by atoms with van der Waals surface area (Å²) < 4.78 is 0.235. The number of hydrogen-bond acceptors (Lipinski definition) is 3. The largest absolute Gasteiger partial charge is 0.368 e. The first-order chi connectivity index (χ1) is 9.51. The van der Waals surface area contributed by atoms with Crippen LogP contribution in [0.5, 0.6) is 0 Å².